The molecule has 0 unspecified atom stereocenters. The molecule has 1 aromatic rings. The summed E-state index contributed by atoms with van der Waals surface area (Å²) in [5.74, 6) is -0.557. The number of hydrogen-bond donors (Lipinski definition) is 0. The maximum atomic E-state index is 12.5. The van der Waals surface area contributed by atoms with Crippen LogP contribution in [-0.2, 0) is 9.05 Å². The Morgan fingerprint density at radius 1 is 1.29 bits per heavy atom. The molecule has 0 aliphatic rings. The average molecular weight is 235 g/mol. The molecule has 0 radical (unpaired) electrons. The molecule has 0 heterocycles. The fraction of sp³-hybridized carbons (Fsp3) is 0.111. The summed E-state index contributed by atoms with van der Waals surface area (Å²) in [6.07, 6.45) is 2.98. The molecule has 5 heteroatoms. The first-order valence-electron chi connectivity index (χ1n) is 3.82. The molecular weight excluding hydrogens is 227 g/mol. The zero-order valence-corrected chi connectivity index (χ0v) is 8.72. The summed E-state index contributed by atoms with van der Waals surface area (Å²) in [4.78, 5) is 0. The van der Waals surface area contributed by atoms with Crippen molar-refractivity contribution in [1.29, 1.82) is 0 Å². The van der Waals surface area contributed by atoms with Crippen LogP contribution in [0, 0.1) is 5.82 Å². The molecule has 0 N–H and O–H groups in total. The monoisotopic (exact) mass is 234 g/mol. The van der Waals surface area contributed by atoms with E-state index in [9.17, 15) is 12.8 Å². The van der Waals surface area contributed by atoms with E-state index in [2.05, 4.69) is 0 Å². The van der Waals surface area contributed by atoms with Crippen LogP contribution < -0.4 is 0 Å². The summed E-state index contributed by atoms with van der Waals surface area (Å²) < 4.78 is 33.5. The van der Waals surface area contributed by atoms with E-state index in [4.69, 9.17) is 10.7 Å². The molecule has 0 aliphatic carbocycles. The van der Waals surface area contributed by atoms with Gasteiger partial charge < -0.3 is 0 Å². The van der Waals surface area contributed by atoms with Crippen molar-refractivity contribution in [1.82, 2.24) is 0 Å². The fourth-order valence-corrected chi connectivity index (χ4v) is 1.42. The zero-order chi connectivity index (χ0) is 10.6. The third kappa shape index (κ3) is 4.39. The minimum absolute atomic E-state index is 0.230. The first kappa shape index (κ1) is 11.2. The molecule has 0 amide bonds. The van der Waals surface area contributed by atoms with E-state index in [-0.39, 0.29) is 11.6 Å². The summed E-state index contributed by atoms with van der Waals surface area (Å²) in [5.41, 5.74) is 0.728. The fourth-order valence-electron chi connectivity index (χ4n) is 0.873. The van der Waals surface area contributed by atoms with Crippen molar-refractivity contribution < 1.29 is 12.8 Å². The second-order valence-corrected chi connectivity index (χ2v) is 5.48. The lowest BCUT2D eigenvalue weighted by Gasteiger charge is -1.92. The van der Waals surface area contributed by atoms with E-state index in [0.717, 1.165) is 5.56 Å². The van der Waals surface area contributed by atoms with Crippen molar-refractivity contribution in [2.45, 2.75) is 0 Å². The van der Waals surface area contributed by atoms with Gasteiger partial charge in [0.15, 0.2) is 0 Å². The van der Waals surface area contributed by atoms with E-state index in [1.54, 1.807) is 18.2 Å². The molecule has 0 saturated carbocycles. The average Bonchev–Trinajstić information content (AvgIpc) is 2.06. The van der Waals surface area contributed by atoms with Crippen LogP contribution in [-0.4, -0.2) is 14.2 Å². The Morgan fingerprint density at radius 2 is 1.86 bits per heavy atom. The largest absolute Gasteiger partial charge is 0.236 e. The van der Waals surface area contributed by atoms with Gasteiger partial charge in [0.05, 0.1) is 5.75 Å². The molecule has 0 aromatic heterocycles. The van der Waals surface area contributed by atoms with Crippen LogP contribution in [0.5, 0.6) is 0 Å². The smallest absolute Gasteiger partial charge is 0.212 e. The van der Waals surface area contributed by atoms with Crippen LogP contribution in [0.1, 0.15) is 5.56 Å². The second-order valence-electron chi connectivity index (χ2n) is 2.66. The Kier molecular flexibility index (Phi) is 3.66. The zero-order valence-electron chi connectivity index (χ0n) is 7.15. The predicted octanol–water partition coefficient (Wildman–Crippen LogP) is 2.41. The van der Waals surface area contributed by atoms with Crippen LogP contribution in [0.15, 0.2) is 30.3 Å². The van der Waals surface area contributed by atoms with Gasteiger partial charge in [-0.25, -0.2) is 12.8 Å². The Balaban J connectivity index is 2.65. The van der Waals surface area contributed by atoms with Crippen LogP contribution in [0.3, 0.4) is 0 Å². The molecular formula is C9H8ClFO2S. The van der Waals surface area contributed by atoms with Gasteiger partial charge >= 0.3 is 0 Å². The Hall–Kier alpha value is -0.870. The summed E-state index contributed by atoms with van der Waals surface area (Å²) in [7, 11) is 1.49. The van der Waals surface area contributed by atoms with Gasteiger partial charge in [-0.3, -0.25) is 0 Å². The van der Waals surface area contributed by atoms with Crippen molar-refractivity contribution in [3.8, 4) is 0 Å². The van der Waals surface area contributed by atoms with Crippen LogP contribution in [0.25, 0.3) is 6.08 Å². The summed E-state index contributed by atoms with van der Waals surface area (Å²) in [6, 6.07) is 5.70. The molecule has 0 bridgehead atoms. The lowest BCUT2D eigenvalue weighted by Crippen LogP contribution is -1.91. The molecule has 0 aliphatic heterocycles. The SMILES string of the molecule is O=S(=O)(Cl)C/C=C/c1ccc(F)cc1. The maximum Gasteiger partial charge on any atom is 0.236 e. The van der Waals surface area contributed by atoms with Gasteiger partial charge in [0.2, 0.25) is 9.05 Å². The first-order chi connectivity index (χ1) is 6.47. The molecule has 1 aromatic carbocycles. The summed E-state index contributed by atoms with van der Waals surface area (Å²) in [6.45, 7) is 0. The third-order valence-electron chi connectivity index (χ3n) is 1.48. The summed E-state index contributed by atoms with van der Waals surface area (Å²) in [5, 5.41) is 0. The van der Waals surface area contributed by atoms with Gasteiger partial charge in [0.1, 0.15) is 5.82 Å². The van der Waals surface area contributed by atoms with Crippen molar-refractivity contribution >= 4 is 25.8 Å². The van der Waals surface area contributed by atoms with Gasteiger partial charge in [0, 0.05) is 10.7 Å². The minimum Gasteiger partial charge on any atom is -0.212 e. The highest BCUT2D eigenvalue weighted by Crippen LogP contribution is 2.05. The molecule has 0 fully saturated rings. The highest BCUT2D eigenvalue weighted by molar-refractivity contribution is 8.13. The molecule has 0 saturated heterocycles. The minimum atomic E-state index is -3.49. The summed E-state index contributed by atoms with van der Waals surface area (Å²) >= 11 is 0. The quantitative estimate of drug-likeness (QED) is 0.753. The van der Waals surface area contributed by atoms with Crippen LogP contribution in [0.2, 0.25) is 0 Å². The van der Waals surface area contributed by atoms with Crippen molar-refractivity contribution in [2.75, 3.05) is 5.75 Å². The molecule has 2 nitrogen and oxygen atoms in total. The van der Waals surface area contributed by atoms with Gasteiger partial charge in [-0.05, 0) is 17.7 Å². The van der Waals surface area contributed by atoms with Gasteiger partial charge in [-0.15, -0.1) is 0 Å². The van der Waals surface area contributed by atoms with Crippen molar-refractivity contribution in [2.24, 2.45) is 0 Å². The normalized spacial score (nSPS) is 12.1. The lowest BCUT2D eigenvalue weighted by atomic mass is 10.2. The van der Waals surface area contributed by atoms with Crippen molar-refractivity contribution in [3.05, 3.63) is 41.7 Å². The molecule has 1 rings (SSSR count). The number of benzene rings is 1. The van der Waals surface area contributed by atoms with Crippen LogP contribution >= 0.6 is 10.7 Å². The standard InChI is InChI=1S/C9H8ClFO2S/c10-14(12,13)7-1-2-8-3-5-9(11)6-4-8/h1-6H,7H2/b2-1+. The lowest BCUT2D eigenvalue weighted by molar-refractivity contribution is 0.612. The number of halogens is 2. The van der Waals surface area contributed by atoms with Crippen molar-refractivity contribution in [3.63, 3.8) is 0 Å². The van der Waals surface area contributed by atoms with E-state index >= 15 is 0 Å². The van der Waals surface area contributed by atoms with Crippen LogP contribution in [0.4, 0.5) is 4.39 Å². The van der Waals surface area contributed by atoms with E-state index < -0.39 is 9.05 Å². The Labute approximate surface area is 86.4 Å². The highest BCUT2D eigenvalue weighted by Gasteiger charge is 1.99. The second kappa shape index (κ2) is 4.57. The Bertz CT molecular complexity index is 423. The Morgan fingerprint density at radius 3 is 2.36 bits per heavy atom. The predicted molar refractivity (Wildman–Crippen MR) is 55.1 cm³/mol. The topological polar surface area (TPSA) is 34.1 Å². The molecule has 0 spiro atoms. The van der Waals surface area contributed by atoms with E-state index in [0.29, 0.717) is 0 Å². The van der Waals surface area contributed by atoms with E-state index in [1.165, 1.54) is 18.2 Å². The maximum absolute atomic E-state index is 12.5. The van der Waals surface area contributed by atoms with Gasteiger partial charge in [-0.1, -0.05) is 24.3 Å². The molecule has 14 heavy (non-hydrogen) atoms. The highest BCUT2D eigenvalue weighted by atomic mass is 35.7. The van der Waals surface area contributed by atoms with Gasteiger partial charge in [0.25, 0.3) is 0 Å². The van der Waals surface area contributed by atoms with Gasteiger partial charge in [-0.2, -0.15) is 0 Å². The van der Waals surface area contributed by atoms with E-state index in [1.807, 2.05) is 0 Å². The first-order valence-corrected chi connectivity index (χ1v) is 6.30. The molecule has 76 valence electrons. The molecule has 0 atom stereocenters. The number of hydrogen-bond acceptors (Lipinski definition) is 2. The third-order valence-corrected chi connectivity index (χ3v) is 2.44. The number of rotatable bonds is 3.